The van der Waals surface area contributed by atoms with E-state index in [9.17, 15) is 4.39 Å². The van der Waals surface area contributed by atoms with E-state index in [1.165, 1.54) is 21.3 Å². The fourth-order valence-electron chi connectivity index (χ4n) is 2.26. The molecular weight excluding hydrogens is 444 g/mol. The maximum absolute atomic E-state index is 13.2. The molecule has 112 valence electrons. The zero-order valence-corrected chi connectivity index (χ0v) is 15.6. The van der Waals surface area contributed by atoms with Gasteiger partial charge in [0.15, 0.2) is 0 Å². The Hall–Kier alpha value is -0.460. The van der Waals surface area contributed by atoms with Crippen LogP contribution in [0.15, 0.2) is 46.9 Å². The van der Waals surface area contributed by atoms with Gasteiger partial charge in [-0.1, -0.05) is 41.1 Å². The maximum atomic E-state index is 13.2. The fourth-order valence-corrected chi connectivity index (χ4v) is 3.34. The second kappa shape index (κ2) is 8.25. The highest BCUT2D eigenvalue weighted by atomic mass is 127. The average molecular weight is 462 g/mol. The molecule has 0 aliphatic rings. The molecule has 1 atom stereocenters. The maximum Gasteiger partial charge on any atom is 0.124 e. The van der Waals surface area contributed by atoms with E-state index < -0.39 is 0 Å². The molecule has 4 heteroatoms. The number of benzene rings is 2. The smallest absolute Gasteiger partial charge is 0.124 e. The van der Waals surface area contributed by atoms with E-state index >= 15 is 0 Å². The molecule has 0 saturated heterocycles. The van der Waals surface area contributed by atoms with Gasteiger partial charge >= 0.3 is 0 Å². The second-order valence-electron chi connectivity index (χ2n) is 5.00. The van der Waals surface area contributed by atoms with Crippen molar-refractivity contribution in [2.45, 2.75) is 25.8 Å². The van der Waals surface area contributed by atoms with E-state index in [1.54, 1.807) is 0 Å². The molecule has 0 saturated carbocycles. The van der Waals surface area contributed by atoms with Crippen molar-refractivity contribution < 1.29 is 4.39 Å². The Bertz CT molecular complexity index is 603. The van der Waals surface area contributed by atoms with Crippen LogP contribution in [-0.4, -0.2) is 6.54 Å². The summed E-state index contributed by atoms with van der Waals surface area (Å²) in [6.45, 7) is 3.13. The molecular formula is C17H18BrFIN. The third-order valence-electron chi connectivity index (χ3n) is 3.33. The van der Waals surface area contributed by atoms with Crippen molar-refractivity contribution in [1.29, 1.82) is 0 Å². The van der Waals surface area contributed by atoms with Crippen LogP contribution < -0.4 is 5.32 Å². The van der Waals surface area contributed by atoms with Gasteiger partial charge in [0.2, 0.25) is 0 Å². The predicted molar refractivity (Wildman–Crippen MR) is 98.0 cm³/mol. The van der Waals surface area contributed by atoms with E-state index in [0.717, 1.165) is 29.4 Å². The summed E-state index contributed by atoms with van der Waals surface area (Å²) in [4.78, 5) is 0. The minimum atomic E-state index is -0.210. The lowest BCUT2D eigenvalue weighted by Gasteiger charge is -2.20. The van der Waals surface area contributed by atoms with Crippen LogP contribution in [-0.2, 0) is 6.42 Å². The highest BCUT2D eigenvalue weighted by Gasteiger charge is 2.14. The standard InChI is InChI=1S/C17H18BrFIN/c1-2-8-21-17(13-4-3-5-15(20)9-13)10-12-6-7-14(19)11-16(12)18/h3-7,9,11,17,21H,2,8,10H2,1H3. The Kier molecular flexibility index (Phi) is 6.64. The van der Waals surface area contributed by atoms with Crippen LogP contribution >= 0.6 is 38.5 Å². The van der Waals surface area contributed by atoms with Gasteiger partial charge in [-0.25, -0.2) is 4.39 Å². The number of nitrogens with one attached hydrogen (secondary N) is 1. The molecule has 0 fully saturated rings. The summed E-state index contributed by atoms with van der Waals surface area (Å²) < 4.78 is 15.3. The van der Waals surface area contributed by atoms with E-state index in [1.807, 2.05) is 6.07 Å². The monoisotopic (exact) mass is 461 g/mol. The number of rotatable bonds is 6. The molecule has 2 rings (SSSR count). The first-order chi connectivity index (χ1) is 10.1. The third-order valence-corrected chi connectivity index (χ3v) is 4.74. The molecule has 2 aromatic rings. The summed E-state index contributed by atoms with van der Waals surface area (Å²) in [5.41, 5.74) is 2.38. The van der Waals surface area contributed by atoms with Crippen LogP contribution in [0, 0.1) is 9.39 Å². The molecule has 1 nitrogen and oxygen atoms in total. The van der Waals surface area contributed by atoms with Gasteiger partial charge in [-0.3, -0.25) is 0 Å². The van der Waals surface area contributed by atoms with Gasteiger partial charge in [0, 0.05) is 14.1 Å². The SMILES string of the molecule is CCCNC(Cc1ccc(F)cc1Br)c1cccc(I)c1. The molecule has 0 aliphatic carbocycles. The second-order valence-corrected chi connectivity index (χ2v) is 7.10. The molecule has 0 heterocycles. The molecule has 0 amide bonds. The topological polar surface area (TPSA) is 12.0 Å². The highest BCUT2D eigenvalue weighted by Crippen LogP contribution is 2.25. The number of hydrogen-bond acceptors (Lipinski definition) is 1. The van der Waals surface area contributed by atoms with Crippen LogP contribution in [0.3, 0.4) is 0 Å². The summed E-state index contributed by atoms with van der Waals surface area (Å²) in [5, 5.41) is 3.59. The van der Waals surface area contributed by atoms with Crippen molar-refractivity contribution in [3.63, 3.8) is 0 Å². The molecule has 0 spiro atoms. The van der Waals surface area contributed by atoms with Gasteiger partial charge in [0.05, 0.1) is 0 Å². The Morgan fingerprint density at radius 3 is 2.71 bits per heavy atom. The van der Waals surface area contributed by atoms with Gasteiger partial charge < -0.3 is 5.32 Å². The van der Waals surface area contributed by atoms with Crippen LogP contribution in [0.2, 0.25) is 0 Å². The minimum Gasteiger partial charge on any atom is -0.310 e. The lowest BCUT2D eigenvalue weighted by Crippen LogP contribution is -2.24. The zero-order valence-electron chi connectivity index (χ0n) is 11.9. The molecule has 21 heavy (non-hydrogen) atoms. The molecule has 1 unspecified atom stereocenters. The van der Waals surface area contributed by atoms with E-state index in [0.29, 0.717) is 0 Å². The molecule has 0 aromatic heterocycles. The van der Waals surface area contributed by atoms with Gasteiger partial charge in [0.25, 0.3) is 0 Å². The van der Waals surface area contributed by atoms with Crippen molar-refractivity contribution in [2.75, 3.05) is 6.54 Å². The first-order valence-corrected chi connectivity index (χ1v) is 8.90. The number of hydrogen-bond donors (Lipinski definition) is 1. The van der Waals surface area contributed by atoms with Crippen LogP contribution in [0.25, 0.3) is 0 Å². The van der Waals surface area contributed by atoms with Gasteiger partial charge in [-0.2, -0.15) is 0 Å². The quantitative estimate of drug-likeness (QED) is 0.562. The van der Waals surface area contributed by atoms with Crippen molar-refractivity contribution in [3.05, 3.63) is 67.5 Å². The van der Waals surface area contributed by atoms with E-state index in [-0.39, 0.29) is 11.9 Å². The Balaban J connectivity index is 2.23. The lowest BCUT2D eigenvalue weighted by atomic mass is 9.98. The Morgan fingerprint density at radius 2 is 2.05 bits per heavy atom. The van der Waals surface area contributed by atoms with Gasteiger partial charge in [0.1, 0.15) is 5.82 Å². The van der Waals surface area contributed by atoms with E-state index in [4.69, 9.17) is 0 Å². The minimum absolute atomic E-state index is 0.210. The largest absolute Gasteiger partial charge is 0.310 e. The Labute approximate surface area is 147 Å². The zero-order chi connectivity index (χ0) is 15.2. The Morgan fingerprint density at radius 1 is 1.24 bits per heavy atom. The van der Waals surface area contributed by atoms with Crippen LogP contribution in [0.5, 0.6) is 0 Å². The van der Waals surface area contributed by atoms with Crippen LogP contribution in [0.1, 0.15) is 30.5 Å². The molecule has 0 bridgehead atoms. The molecule has 0 radical (unpaired) electrons. The van der Waals surface area contributed by atoms with Crippen LogP contribution in [0.4, 0.5) is 4.39 Å². The van der Waals surface area contributed by atoms with Crippen molar-refractivity contribution in [3.8, 4) is 0 Å². The fraction of sp³-hybridized carbons (Fsp3) is 0.294. The summed E-state index contributed by atoms with van der Waals surface area (Å²) in [7, 11) is 0. The summed E-state index contributed by atoms with van der Waals surface area (Å²) in [6, 6.07) is 13.7. The summed E-state index contributed by atoms with van der Waals surface area (Å²) in [6.07, 6.45) is 1.92. The highest BCUT2D eigenvalue weighted by molar-refractivity contribution is 14.1. The molecule has 2 aromatic carbocycles. The van der Waals surface area contributed by atoms with Crippen molar-refractivity contribution >= 4 is 38.5 Å². The third kappa shape index (κ3) is 5.04. The van der Waals surface area contributed by atoms with Gasteiger partial charge in [-0.15, -0.1) is 0 Å². The summed E-state index contributed by atoms with van der Waals surface area (Å²) >= 11 is 5.79. The average Bonchev–Trinajstić information content (AvgIpc) is 2.45. The molecule has 0 aliphatic heterocycles. The lowest BCUT2D eigenvalue weighted by molar-refractivity contribution is 0.527. The number of halogens is 3. The van der Waals surface area contributed by atoms with Crippen molar-refractivity contribution in [2.24, 2.45) is 0 Å². The summed E-state index contributed by atoms with van der Waals surface area (Å²) in [5.74, 6) is -0.210. The first-order valence-electron chi connectivity index (χ1n) is 7.03. The first kappa shape index (κ1) is 16.9. The predicted octanol–water partition coefficient (Wildman–Crippen LogP) is 5.48. The molecule has 1 N–H and O–H groups in total. The van der Waals surface area contributed by atoms with E-state index in [2.05, 4.69) is 75.0 Å². The van der Waals surface area contributed by atoms with Crippen molar-refractivity contribution in [1.82, 2.24) is 5.32 Å². The normalized spacial score (nSPS) is 12.4. The van der Waals surface area contributed by atoms with Gasteiger partial charge in [-0.05, 0) is 77.4 Å².